The van der Waals surface area contributed by atoms with Crippen molar-refractivity contribution in [2.75, 3.05) is 19.7 Å². The van der Waals surface area contributed by atoms with Crippen LogP contribution in [0.1, 0.15) is 52.8 Å². The molecule has 1 amide bonds. The van der Waals surface area contributed by atoms with Crippen LogP contribution in [-0.2, 0) is 6.42 Å². The Morgan fingerprint density at radius 2 is 2.29 bits per heavy atom. The first kappa shape index (κ1) is 15.2. The smallest absolute Gasteiger partial charge is 0.253 e. The topological polar surface area (TPSA) is 71.1 Å². The monoisotopic (exact) mass is 326 g/mol. The molecule has 0 aliphatic carbocycles. The number of piperidine rings is 1. The van der Waals surface area contributed by atoms with Crippen molar-refractivity contribution in [1.29, 1.82) is 0 Å². The minimum atomic E-state index is 0.0975. The summed E-state index contributed by atoms with van der Waals surface area (Å²) in [6, 6.07) is 5.81. The lowest BCUT2D eigenvalue weighted by atomic mass is 9.96. The van der Waals surface area contributed by atoms with Crippen molar-refractivity contribution >= 4 is 5.91 Å². The van der Waals surface area contributed by atoms with E-state index in [0.29, 0.717) is 6.54 Å². The van der Waals surface area contributed by atoms with Crippen molar-refractivity contribution < 1.29 is 9.53 Å². The predicted octanol–water partition coefficient (Wildman–Crippen LogP) is 2.46. The summed E-state index contributed by atoms with van der Waals surface area (Å²) >= 11 is 0. The second kappa shape index (κ2) is 6.26. The Morgan fingerprint density at radius 3 is 3.12 bits per heavy atom. The highest BCUT2D eigenvalue weighted by Gasteiger charge is 2.28. The van der Waals surface area contributed by atoms with Gasteiger partial charge in [-0.2, -0.15) is 5.10 Å². The van der Waals surface area contributed by atoms with Gasteiger partial charge in [0.05, 0.1) is 6.61 Å². The number of amides is 1. The van der Waals surface area contributed by atoms with Crippen LogP contribution < -0.4 is 4.74 Å². The van der Waals surface area contributed by atoms with Gasteiger partial charge in [-0.3, -0.25) is 9.89 Å². The summed E-state index contributed by atoms with van der Waals surface area (Å²) in [7, 11) is 0. The van der Waals surface area contributed by atoms with Crippen molar-refractivity contribution in [3.8, 4) is 5.75 Å². The minimum Gasteiger partial charge on any atom is -0.493 e. The fraction of sp³-hybridized carbons (Fsp3) is 0.500. The largest absolute Gasteiger partial charge is 0.493 e. The molecule has 1 fully saturated rings. The van der Waals surface area contributed by atoms with Gasteiger partial charge in [0.1, 0.15) is 11.6 Å². The molecule has 0 bridgehead atoms. The Morgan fingerprint density at radius 1 is 1.38 bits per heavy atom. The maximum Gasteiger partial charge on any atom is 0.253 e. The number of aryl methyl sites for hydroxylation is 2. The van der Waals surface area contributed by atoms with Crippen LogP contribution in [-0.4, -0.2) is 45.7 Å². The van der Waals surface area contributed by atoms with Crippen LogP contribution >= 0.6 is 0 Å². The number of H-pyrrole nitrogens is 1. The first-order chi connectivity index (χ1) is 11.7. The molecule has 1 saturated heterocycles. The summed E-state index contributed by atoms with van der Waals surface area (Å²) in [5.74, 6) is 2.88. The normalized spacial score (nSPS) is 20.4. The highest BCUT2D eigenvalue weighted by molar-refractivity contribution is 5.94. The van der Waals surface area contributed by atoms with Crippen LogP contribution in [0.25, 0.3) is 0 Å². The average Bonchev–Trinajstić information content (AvgIpc) is 3.07. The Bertz CT molecular complexity index is 755. The molecule has 2 aromatic rings. The van der Waals surface area contributed by atoms with Crippen LogP contribution in [0.3, 0.4) is 0 Å². The molecule has 126 valence electrons. The molecule has 0 spiro atoms. The Kier molecular flexibility index (Phi) is 3.96. The average molecular weight is 326 g/mol. The van der Waals surface area contributed by atoms with E-state index >= 15 is 0 Å². The third-order valence-electron chi connectivity index (χ3n) is 4.84. The molecule has 0 saturated carbocycles. The van der Waals surface area contributed by atoms with Gasteiger partial charge in [0.15, 0.2) is 5.82 Å². The summed E-state index contributed by atoms with van der Waals surface area (Å²) in [4.78, 5) is 19.3. The van der Waals surface area contributed by atoms with Crippen molar-refractivity contribution in [3.63, 3.8) is 0 Å². The van der Waals surface area contributed by atoms with Crippen LogP contribution in [0.4, 0.5) is 0 Å². The van der Waals surface area contributed by atoms with Crippen LogP contribution in [0, 0.1) is 6.92 Å². The molecule has 1 aromatic carbocycles. The molecule has 6 nitrogen and oxygen atoms in total. The molecule has 0 radical (unpaired) electrons. The van der Waals surface area contributed by atoms with Gasteiger partial charge < -0.3 is 9.64 Å². The van der Waals surface area contributed by atoms with Crippen LogP contribution in [0.2, 0.25) is 0 Å². The molecule has 4 rings (SSSR count). The number of hydrogen-bond donors (Lipinski definition) is 1. The quantitative estimate of drug-likeness (QED) is 0.920. The van der Waals surface area contributed by atoms with Crippen LogP contribution in [0.5, 0.6) is 5.75 Å². The summed E-state index contributed by atoms with van der Waals surface area (Å²) in [5.41, 5.74) is 1.90. The molecular weight excluding hydrogens is 304 g/mol. The maximum absolute atomic E-state index is 12.9. The van der Waals surface area contributed by atoms with E-state index in [4.69, 9.17) is 4.74 Å². The molecule has 1 aromatic heterocycles. The predicted molar refractivity (Wildman–Crippen MR) is 89.3 cm³/mol. The lowest BCUT2D eigenvalue weighted by Crippen LogP contribution is -2.39. The van der Waals surface area contributed by atoms with Crippen LogP contribution in [0.15, 0.2) is 18.2 Å². The standard InChI is InChI=1S/C18H22N4O2/c1-12-19-17(21-20-12)15-4-2-8-22(11-15)18(23)14-6-7-16-13(10-14)5-3-9-24-16/h6-7,10,15H,2-5,8-9,11H2,1H3,(H,19,20,21)/t15-/m1/s1. The lowest BCUT2D eigenvalue weighted by molar-refractivity contribution is 0.0704. The van der Waals surface area contributed by atoms with E-state index in [1.807, 2.05) is 30.0 Å². The first-order valence-electron chi connectivity index (χ1n) is 8.64. The Balaban J connectivity index is 1.51. The highest BCUT2D eigenvalue weighted by Crippen LogP contribution is 2.28. The molecule has 3 heterocycles. The van der Waals surface area contributed by atoms with Crippen molar-refractivity contribution in [2.24, 2.45) is 0 Å². The summed E-state index contributed by atoms with van der Waals surface area (Å²) in [6.07, 6.45) is 4.01. The van der Waals surface area contributed by atoms with Gasteiger partial charge in [0.25, 0.3) is 5.91 Å². The zero-order chi connectivity index (χ0) is 16.5. The number of benzene rings is 1. The van der Waals surface area contributed by atoms with Crippen molar-refractivity contribution in [1.82, 2.24) is 20.1 Å². The van der Waals surface area contributed by atoms with Crippen molar-refractivity contribution in [2.45, 2.75) is 38.5 Å². The number of aromatic amines is 1. The first-order valence-corrected chi connectivity index (χ1v) is 8.64. The van der Waals surface area contributed by atoms with E-state index in [1.165, 1.54) is 0 Å². The van der Waals surface area contributed by atoms with Gasteiger partial charge in [-0.1, -0.05) is 0 Å². The second-order valence-corrected chi connectivity index (χ2v) is 6.64. The third-order valence-corrected chi connectivity index (χ3v) is 4.84. The third kappa shape index (κ3) is 2.88. The van der Waals surface area contributed by atoms with Gasteiger partial charge in [0.2, 0.25) is 0 Å². The van der Waals surface area contributed by atoms with E-state index in [9.17, 15) is 4.79 Å². The number of fused-ring (bicyclic) bond motifs is 1. The SMILES string of the molecule is Cc1nc([C@@H]2CCCN(C(=O)c3ccc4c(c3)CCCO4)C2)n[nH]1. The summed E-state index contributed by atoms with van der Waals surface area (Å²) < 4.78 is 5.64. The minimum absolute atomic E-state index is 0.0975. The molecule has 2 aliphatic rings. The fourth-order valence-corrected chi connectivity index (χ4v) is 3.59. The molecule has 1 N–H and O–H groups in total. The number of likely N-dealkylation sites (tertiary alicyclic amines) is 1. The van der Waals surface area contributed by atoms with Gasteiger partial charge in [0, 0.05) is 24.6 Å². The molecule has 1 atom stereocenters. The van der Waals surface area contributed by atoms with Gasteiger partial charge in [-0.05, 0) is 56.4 Å². The number of aromatic nitrogens is 3. The zero-order valence-corrected chi connectivity index (χ0v) is 13.9. The molecule has 6 heteroatoms. The van der Waals surface area contributed by atoms with E-state index in [-0.39, 0.29) is 11.8 Å². The van der Waals surface area contributed by atoms with Gasteiger partial charge >= 0.3 is 0 Å². The molecule has 0 unspecified atom stereocenters. The lowest BCUT2D eigenvalue weighted by Gasteiger charge is -2.31. The number of carbonyl (C=O) groups is 1. The van der Waals surface area contributed by atoms with E-state index < -0.39 is 0 Å². The molecular formula is C18H22N4O2. The Labute approximate surface area is 141 Å². The molecule has 2 aliphatic heterocycles. The number of hydrogen-bond acceptors (Lipinski definition) is 4. The Hall–Kier alpha value is -2.37. The van der Waals surface area contributed by atoms with Gasteiger partial charge in [-0.15, -0.1) is 0 Å². The number of nitrogens with one attached hydrogen (secondary N) is 1. The zero-order valence-electron chi connectivity index (χ0n) is 13.9. The van der Waals surface area contributed by atoms with E-state index in [2.05, 4.69) is 15.2 Å². The summed E-state index contributed by atoms with van der Waals surface area (Å²) in [5, 5.41) is 7.17. The van der Waals surface area contributed by atoms with E-state index in [1.54, 1.807) is 0 Å². The van der Waals surface area contributed by atoms with Gasteiger partial charge in [-0.25, -0.2) is 4.98 Å². The number of ether oxygens (including phenoxy) is 1. The second-order valence-electron chi connectivity index (χ2n) is 6.64. The number of rotatable bonds is 2. The highest BCUT2D eigenvalue weighted by atomic mass is 16.5. The number of carbonyl (C=O) groups excluding carboxylic acids is 1. The van der Waals surface area contributed by atoms with E-state index in [0.717, 1.165) is 67.4 Å². The molecule has 24 heavy (non-hydrogen) atoms. The maximum atomic E-state index is 12.9. The number of nitrogens with zero attached hydrogens (tertiary/aromatic N) is 3. The summed E-state index contributed by atoms with van der Waals surface area (Å²) in [6.45, 7) is 4.15. The van der Waals surface area contributed by atoms with Crippen molar-refractivity contribution in [3.05, 3.63) is 41.0 Å². The fourth-order valence-electron chi connectivity index (χ4n) is 3.59.